The van der Waals surface area contributed by atoms with Crippen molar-refractivity contribution in [3.63, 3.8) is 0 Å². The zero-order chi connectivity index (χ0) is 11.4. The van der Waals surface area contributed by atoms with E-state index in [0.29, 0.717) is 22.9 Å². The second-order valence-electron chi connectivity index (χ2n) is 2.95. The van der Waals surface area contributed by atoms with E-state index in [2.05, 4.69) is 5.32 Å². The fourth-order valence-electron chi connectivity index (χ4n) is 1.27. The van der Waals surface area contributed by atoms with Crippen molar-refractivity contribution in [3.8, 4) is 11.5 Å². The molecule has 1 aromatic rings. The average Bonchev–Trinajstić information content (AvgIpc) is 2.18. The van der Waals surface area contributed by atoms with Crippen LogP contribution in [-0.2, 0) is 4.79 Å². The van der Waals surface area contributed by atoms with Crippen LogP contribution >= 0.6 is 0 Å². The predicted molar refractivity (Wildman–Crippen MR) is 58.3 cm³/mol. The number of carbonyl (C=O) groups excluding carboxylic acids is 1. The molecule has 5 nitrogen and oxygen atoms in total. The van der Waals surface area contributed by atoms with Crippen LogP contribution in [0.4, 0.5) is 11.4 Å². The summed E-state index contributed by atoms with van der Waals surface area (Å²) < 4.78 is 10.2. The molecular formula is C10H14N2O3. The lowest BCUT2D eigenvalue weighted by atomic mass is 10.2. The van der Waals surface area contributed by atoms with Crippen molar-refractivity contribution in [3.05, 3.63) is 12.1 Å². The number of ether oxygens (including phenoxy) is 2. The fourth-order valence-corrected chi connectivity index (χ4v) is 1.27. The number of benzene rings is 1. The lowest BCUT2D eigenvalue weighted by Gasteiger charge is -2.14. The highest BCUT2D eigenvalue weighted by molar-refractivity contribution is 5.94. The molecule has 0 heterocycles. The van der Waals surface area contributed by atoms with Gasteiger partial charge in [0.1, 0.15) is 11.4 Å². The van der Waals surface area contributed by atoms with Gasteiger partial charge < -0.3 is 20.5 Å². The summed E-state index contributed by atoms with van der Waals surface area (Å²) in [5, 5.41) is 2.62. The van der Waals surface area contributed by atoms with Gasteiger partial charge >= 0.3 is 0 Å². The Morgan fingerprint density at radius 2 is 2.00 bits per heavy atom. The summed E-state index contributed by atoms with van der Waals surface area (Å²) in [6.45, 7) is 1.40. The number of rotatable bonds is 3. The number of nitrogens with one attached hydrogen (secondary N) is 1. The Morgan fingerprint density at radius 3 is 2.47 bits per heavy atom. The number of nitrogen functional groups attached to an aromatic ring is 1. The molecule has 5 heteroatoms. The molecule has 0 saturated heterocycles. The van der Waals surface area contributed by atoms with Crippen LogP contribution in [0.15, 0.2) is 12.1 Å². The summed E-state index contributed by atoms with van der Waals surface area (Å²) >= 11 is 0. The van der Waals surface area contributed by atoms with E-state index in [9.17, 15) is 4.79 Å². The van der Waals surface area contributed by atoms with Crippen LogP contribution in [0, 0.1) is 0 Å². The average molecular weight is 210 g/mol. The first-order valence-corrected chi connectivity index (χ1v) is 4.38. The zero-order valence-corrected chi connectivity index (χ0v) is 8.96. The van der Waals surface area contributed by atoms with E-state index in [1.807, 2.05) is 0 Å². The van der Waals surface area contributed by atoms with Gasteiger partial charge in [-0.3, -0.25) is 4.79 Å². The Labute approximate surface area is 88.2 Å². The highest BCUT2D eigenvalue weighted by Gasteiger charge is 2.14. The summed E-state index contributed by atoms with van der Waals surface area (Å²) in [4.78, 5) is 11.0. The minimum absolute atomic E-state index is 0.211. The fraction of sp³-hybridized carbons (Fsp3) is 0.300. The van der Waals surface area contributed by atoms with Crippen molar-refractivity contribution >= 4 is 17.3 Å². The molecule has 82 valence electrons. The van der Waals surface area contributed by atoms with Gasteiger partial charge in [0.05, 0.1) is 19.9 Å². The molecule has 0 aromatic heterocycles. The third-order valence-electron chi connectivity index (χ3n) is 1.87. The van der Waals surface area contributed by atoms with Gasteiger partial charge in [-0.05, 0) is 12.1 Å². The normalized spacial score (nSPS) is 9.53. The van der Waals surface area contributed by atoms with E-state index in [0.717, 1.165) is 0 Å². The van der Waals surface area contributed by atoms with E-state index in [4.69, 9.17) is 15.2 Å². The smallest absolute Gasteiger partial charge is 0.221 e. The second kappa shape index (κ2) is 4.54. The van der Waals surface area contributed by atoms with Crippen LogP contribution in [-0.4, -0.2) is 20.1 Å². The Morgan fingerprint density at radius 1 is 1.33 bits per heavy atom. The number of anilines is 2. The molecular weight excluding hydrogens is 196 g/mol. The molecule has 0 unspecified atom stereocenters. The van der Waals surface area contributed by atoms with Crippen molar-refractivity contribution in [1.82, 2.24) is 0 Å². The quantitative estimate of drug-likeness (QED) is 0.736. The molecule has 0 fully saturated rings. The minimum atomic E-state index is -0.211. The van der Waals surface area contributed by atoms with Crippen LogP contribution in [0.25, 0.3) is 0 Å². The highest BCUT2D eigenvalue weighted by Crippen LogP contribution is 2.38. The third kappa shape index (κ3) is 2.31. The molecule has 0 spiro atoms. The van der Waals surface area contributed by atoms with Gasteiger partial charge in [0.15, 0.2) is 5.75 Å². The molecule has 0 radical (unpaired) electrons. The first-order chi connectivity index (χ1) is 7.10. The van der Waals surface area contributed by atoms with Gasteiger partial charge in [0.2, 0.25) is 5.91 Å². The standard InChI is InChI=1S/C10H14N2O3/c1-6(13)12-9-8(14-2)5-4-7(11)10(9)15-3/h4-5H,11H2,1-3H3,(H,12,13). The van der Waals surface area contributed by atoms with Crippen molar-refractivity contribution in [2.24, 2.45) is 0 Å². The maximum absolute atomic E-state index is 11.0. The van der Waals surface area contributed by atoms with Gasteiger partial charge in [-0.25, -0.2) is 0 Å². The Hall–Kier alpha value is -1.91. The Kier molecular flexibility index (Phi) is 3.38. The van der Waals surface area contributed by atoms with E-state index in [1.165, 1.54) is 21.1 Å². The maximum Gasteiger partial charge on any atom is 0.221 e. The van der Waals surface area contributed by atoms with Crippen LogP contribution in [0.3, 0.4) is 0 Å². The summed E-state index contributed by atoms with van der Waals surface area (Å²) in [7, 11) is 2.99. The topological polar surface area (TPSA) is 73.6 Å². The lowest BCUT2D eigenvalue weighted by molar-refractivity contribution is -0.114. The van der Waals surface area contributed by atoms with Gasteiger partial charge in [0, 0.05) is 6.92 Å². The van der Waals surface area contributed by atoms with Crippen LogP contribution in [0.5, 0.6) is 11.5 Å². The zero-order valence-electron chi connectivity index (χ0n) is 8.96. The molecule has 0 aliphatic heterocycles. The van der Waals surface area contributed by atoms with Crippen LogP contribution in [0.2, 0.25) is 0 Å². The molecule has 0 bridgehead atoms. The Bertz CT molecular complexity index is 377. The maximum atomic E-state index is 11.0. The number of nitrogens with two attached hydrogens (primary N) is 1. The van der Waals surface area contributed by atoms with Crippen molar-refractivity contribution in [1.29, 1.82) is 0 Å². The van der Waals surface area contributed by atoms with E-state index in [1.54, 1.807) is 12.1 Å². The third-order valence-corrected chi connectivity index (χ3v) is 1.87. The highest BCUT2D eigenvalue weighted by atomic mass is 16.5. The first-order valence-electron chi connectivity index (χ1n) is 4.38. The summed E-state index contributed by atoms with van der Waals surface area (Å²) in [6.07, 6.45) is 0. The number of methoxy groups -OCH3 is 2. The summed E-state index contributed by atoms with van der Waals surface area (Å²) in [6, 6.07) is 3.33. The van der Waals surface area contributed by atoms with E-state index in [-0.39, 0.29) is 5.91 Å². The molecule has 15 heavy (non-hydrogen) atoms. The molecule has 0 saturated carbocycles. The lowest BCUT2D eigenvalue weighted by Crippen LogP contribution is -2.09. The molecule has 0 aliphatic rings. The van der Waals surface area contributed by atoms with Crippen LogP contribution < -0.4 is 20.5 Å². The molecule has 3 N–H and O–H groups in total. The number of hydrogen-bond donors (Lipinski definition) is 2. The number of hydrogen-bond acceptors (Lipinski definition) is 4. The predicted octanol–water partition coefficient (Wildman–Crippen LogP) is 1.24. The second-order valence-corrected chi connectivity index (χ2v) is 2.95. The Balaban J connectivity index is 3.26. The van der Waals surface area contributed by atoms with Gasteiger partial charge in [0.25, 0.3) is 0 Å². The molecule has 1 aromatic carbocycles. The minimum Gasteiger partial charge on any atom is -0.494 e. The van der Waals surface area contributed by atoms with Crippen molar-refractivity contribution < 1.29 is 14.3 Å². The summed E-state index contributed by atoms with van der Waals surface area (Å²) in [5.41, 5.74) is 6.60. The molecule has 0 atom stereocenters. The molecule has 1 amide bonds. The monoisotopic (exact) mass is 210 g/mol. The van der Waals surface area contributed by atoms with Gasteiger partial charge in [-0.15, -0.1) is 0 Å². The first kappa shape index (κ1) is 11.2. The largest absolute Gasteiger partial charge is 0.494 e. The molecule has 1 rings (SSSR count). The van der Waals surface area contributed by atoms with E-state index >= 15 is 0 Å². The van der Waals surface area contributed by atoms with Gasteiger partial charge in [-0.1, -0.05) is 0 Å². The van der Waals surface area contributed by atoms with Crippen molar-refractivity contribution in [2.75, 3.05) is 25.3 Å². The van der Waals surface area contributed by atoms with Crippen LogP contribution in [0.1, 0.15) is 6.92 Å². The van der Waals surface area contributed by atoms with E-state index < -0.39 is 0 Å². The number of carbonyl (C=O) groups is 1. The number of amides is 1. The summed E-state index contributed by atoms with van der Waals surface area (Å²) in [5.74, 6) is 0.706. The van der Waals surface area contributed by atoms with Gasteiger partial charge in [-0.2, -0.15) is 0 Å². The molecule has 0 aliphatic carbocycles. The SMILES string of the molecule is COc1ccc(N)c(OC)c1NC(C)=O. The van der Waals surface area contributed by atoms with Crippen molar-refractivity contribution in [2.45, 2.75) is 6.92 Å².